The second-order valence-electron chi connectivity index (χ2n) is 4.84. The van der Waals surface area contributed by atoms with Gasteiger partial charge in [0.1, 0.15) is 10.7 Å². The Hall–Kier alpha value is -2.19. The molecule has 23 heavy (non-hydrogen) atoms. The number of aromatic nitrogens is 1. The highest BCUT2D eigenvalue weighted by Crippen LogP contribution is 2.24. The normalized spacial score (nSPS) is 10.3. The number of thiazole rings is 1. The van der Waals surface area contributed by atoms with E-state index in [0.29, 0.717) is 21.4 Å². The first-order valence-corrected chi connectivity index (χ1v) is 7.69. The Morgan fingerprint density at radius 3 is 2.61 bits per heavy atom. The van der Waals surface area contributed by atoms with Gasteiger partial charge in [0.15, 0.2) is 5.13 Å². The van der Waals surface area contributed by atoms with Crippen LogP contribution in [0.3, 0.4) is 0 Å². The molecule has 0 radical (unpaired) electrons. The number of urea groups is 1. The molecule has 2 N–H and O–H groups in total. The Morgan fingerprint density at radius 1 is 1.30 bits per heavy atom. The maximum Gasteiger partial charge on any atom is 0.325 e. The summed E-state index contributed by atoms with van der Waals surface area (Å²) in [5.74, 6) is -0.751. The third-order valence-electron chi connectivity index (χ3n) is 2.79. The minimum Gasteiger partial charge on any atom is -0.344 e. The first-order valence-electron chi connectivity index (χ1n) is 6.50. The number of nitrogens with one attached hydrogen (secondary N) is 2. The van der Waals surface area contributed by atoms with E-state index in [1.165, 1.54) is 17.0 Å². The van der Waals surface area contributed by atoms with Crippen LogP contribution >= 0.6 is 22.9 Å². The summed E-state index contributed by atoms with van der Waals surface area (Å²) in [4.78, 5) is 29.9. The van der Waals surface area contributed by atoms with E-state index in [1.54, 1.807) is 21.0 Å². The van der Waals surface area contributed by atoms with Gasteiger partial charge >= 0.3 is 6.03 Å². The summed E-state index contributed by atoms with van der Waals surface area (Å²) in [6, 6.07) is 3.27. The van der Waals surface area contributed by atoms with Gasteiger partial charge in [-0.2, -0.15) is 0 Å². The van der Waals surface area contributed by atoms with Crippen LogP contribution in [0, 0.1) is 12.7 Å². The molecule has 2 rings (SSSR count). The molecule has 0 bridgehead atoms. The van der Waals surface area contributed by atoms with Crippen LogP contribution in [0.5, 0.6) is 0 Å². The number of halogens is 2. The fourth-order valence-electron chi connectivity index (χ4n) is 1.68. The highest BCUT2D eigenvalue weighted by atomic mass is 35.5. The summed E-state index contributed by atoms with van der Waals surface area (Å²) >= 11 is 6.73. The SMILES string of the molecule is Cc1nc(NC(=O)Nc2ccc(F)c(Cl)c2)sc1C(=O)N(C)C. The predicted octanol–water partition coefficient (Wildman–Crippen LogP) is 3.59. The topological polar surface area (TPSA) is 74.3 Å². The van der Waals surface area contributed by atoms with Crippen LogP contribution in [0.25, 0.3) is 0 Å². The average Bonchev–Trinajstić information content (AvgIpc) is 2.82. The van der Waals surface area contributed by atoms with Crippen LogP contribution in [0.2, 0.25) is 5.02 Å². The van der Waals surface area contributed by atoms with Gasteiger partial charge in [-0.05, 0) is 25.1 Å². The van der Waals surface area contributed by atoms with Crippen LogP contribution in [-0.4, -0.2) is 35.9 Å². The molecule has 1 heterocycles. The fraction of sp³-hybridized carbons (Fsp3) is 0.214. The van der Waals surface area contributed by atoms with Crippen molar-refractivity contribution in [3.8, 4) is 0 Å². The van der Waals surface area contributed by atoms with E-state index in [2.05, 4.69) is 15.6 Å². The monoisotopic (exact) mass is 356 g/mol. The summed E-state index contributed by atoms with van der Waals surface area (Å²) in [5.41, 5.74) is 0.876. The fourth-order valence-corrected chi connectivity index (χ4v) is 2.85. The second-order valence-corrected chi connectivity index (χ2v) is 6.25. The molecule has 0 aliphatic rings. The Balaban J connectivity index is 2.07. The maximum absolute atomic E-state index is 13.1. The lowest BCUT2D eigenvalue weighted by molar-refractivity contribution is 0.0831. The van der Waals surface area contributed by atoms with Crippen molar-refractivity contribution in [1.29, 1.82) is 0 Å². The van der Waals surface area contributed by atoms with E-state index in [-0.39, 0.29) is 10.9 Å². The second kappa shape index (κ2) is 6.93. The first kappa shape index (κ1) is 17.2. The molecule has 0 unspecified atom stereocenters. The molecule has 0 fully saturated rings. The van der Waals surface area contributed by atoms with E-state index in [9.17, 15) is 14.0 Å². The Bertz CT molecular complexity index is 763. The zero-order valence-electron chi connectivity index (χ0n) is 12.6. The molecule has 0 aliphatic carbocycles. The zero-order chi connectivity index (χ0) is 17.1. The molecule has 122 valence electrons. The molecule has 0 saturated carbocycles. The lowest BCUT2D eigenvalue weighted by atomic mass is 10.3. The van der Waals surface area contributed by atoms with Crippen molar-refractivity contribution in [1.82, 2.24) is 9.88 Å². The lowest BCUT2D eigenvalue weighted by Gasteiger charge is -2.08. The number of aryl methyl sites for hydroxylation is 1. The number of carbonyl (C=O) groups excluding carboxylic acids is 2. The Morgan fingerprint density at radius 2 is 2.00 bits per heavy atom. The quantitative estimate of drug-likeness (QED) is 0.882. The summed E-state index contributed by atoms with van der Waals surface area (Å²) in [7, 11) is 3.28. The van der Waals surface area contributed by atoms with Gasteiger partial charge in [0.25, 0.3) is 5.91 Å². The molecule has 0 aliphatic heterocycles. The van der Waals surface area contributed by atoms with Crippen molar-refractivity contribution in [3.05, 3.63) is 39.6 Å². The highest BCUT2D eigenvalue weighted by molar-refractivity contribution is 7.17. The third-order valence-corrected chi connectivity index (χ3v) is 4.15. The number of hydrogen-bond acceptors (Lipinski definition) is 4. The molecule has 9 heteroatoms. The standard InChI is InChI=1S/C14H14ClFN4O2S/c1-7-11(12(21)20(2)3)23-14(17-7)19-13(22)18-8-4-5-10(16)9(15)6-8/h4-6H,1-3H3,(H2,17,18,19,22). The summed E-state index contributed by atoms with van der Waals surface area (Å²) < 4.78 is 13.1. The van der Waals surface area contributed by atoms with E-state index >= 15 is 0 Å². The van der Waals surface area contributed by atoms with Crippen LogP contribution in [-0.2, 0) is 0 Å². The van der Waals surface area contributed by atoms with E-state index in [4.69, 9.17) is 11.6 Å². The predicted molar refractivity (Wildman–Crippen MR) is 88.9 cm³/mol. The Kier molecular flexibility index (Phi) is 5.17. The van der Waals surface area contributed by atoms with Crippen molar-refractivity contribution < 1.29 is 14.0 Å². The van der Waals surface area contributed by atoms with Crippen LogP contribution < -0.4 is 10.6 Å². The maximum atomic E-state index is 13.1. The van der Waals surface area contributed by atoms with Gasteiger partial charge in [0.2, 0.25) is 0 Å². The number of amides is 3. The number of benzene rings is 1. The smallest absolute Gasteiger partial charge is 0.325 e. The molecule has 0 spiro atoms. The lowest BCUT2D eigenvalue weighted by Crippen LogP contribution is -2.21. The zero-order valence-corrected chi connectivity index (χ0v) is 14.2. The van der Waals surface area contributed by atoms with Crippen LogP contribution in [0.4, 0.5) is 20.0 Å². The van der Waals surface area contributed by atoms with Crippen molar-refractivity contribution >= 4 is 45.7 Å². The first-order chi connectivity index (χ1) is 10.8. The van der Waals surface area contributed by atoms with Crippen LogP contribution in [0.1, 0.15) is 15.4 Å². The molecule has 6 nitrogen and oxygen atoms in total. The number of anilines is 2. The molecular formula is C14H14ClFN4O2S. The van der Waals surface area contributed by atoms with Crippen LogP contribution in [0.15, 0.2) is 18.2 Å². The molecule has 1 aromatic carbocycles. The van der Waals surface area contributed by atoms with Gasteiger partial charge in [0.05, 0.1) is 10.7 Å². The highest BCUT2D eigenvalue weighted by Gasteiger charge is 2.18. The average molecular weight is 357 g/mol. The van der Waals surface area contributed by atoms with Gasteiger partial charge in [0, 0.05) is 19.8 Å². The van der Waals surface area contributed by atoms with E-state index in [0.717, 1.165) is 17.4 Å². The van der Waals surface area contributed by atoms with Gasteiger partial charge in [-0.25, -0.2) is 14.2 Å². The summed E-state index contributed by atoms with van der Waals surface area (Å²) in [5, 5.41) is 5.24. The van der Waals surface area contributed by atoms with Crippen molar-refractivity contribution in [2.45, 2.75) is 6.92 Å². The molecular weight excluding hydrogens is 343 g/mol. The molecule has 2 aromatic rings. The van der Waals surface area contributed by atoms with E-state index < -0.39 is 11.8 Å². The third kappa shape index (κ3) is 4.17. The minimum atomic E-state index is -0.569. The number of carbonyl (C=O) groups is 2. The largest absolute Gasteiger partial charge is 0.344 e. The van der Waals surface area contributed by atoms with Gasteiger partial charge in [-0.3, -0.25) is 10.1 Å². The van der Waals surface area contributed by atoms with Gasteiger partial charge in [-0.1, -0.05) is 22.9 Å². The molecule has 0 atom stereocenters. The number of nitrogens with zero attached hydrogens (tertiary/aromatic N) is 2. The van der Waals surface area contributed by atoms with Gasteiger partial charge in [-0.15, -0.1) is 0 Å². The summed E-state index contributed by atoms with van der Waals surface area (Å²) in [6.07, 6.45) is 0. The number of rotatable bonds is 3. The minimum absolute atomic E-state index is 0.0910. The molecule has 3 amide bonds. The molecule has 1 aromatic heterocycles. The van der Waals surface area contributed by atoms with Gasteiger partial charge < -0.3 is 10.2 Å². The van der Waals surface area contributed by atoms with E-state index in [1.807, 2.05) is 0 Å². The van der Waals surface area contributed by atoms with Crippen molar-refractivity contribution in [3.63, 3.8) is 0 Å². The van der Waals surface area contributed by atoms with Crippen molar-refractivity contribution in [2.75, 3.05) is 24.7 Å². The molecule has 0 saturated heterocycles. The summed E-state index contributed by atoms with van der Waals surface area (Å²) in [6.45, 7) is 1.69. The number of hydrogen-bond donors (Lipinski definition) is 2. The van der Waals surface area contributed by atoms with Crippen molar-refractivity contribution in [2.24, 2.45) is 0 Å². The Labute approximate surface area is 141 Å².